The Morgan fingerprint density at radius 2 is 1.82 bits per heavy atom. The van der Waals surface area contributed by atoms with Crippen molar-refractivity contribution < 1.29 is 14.3 Å². The zero-order chi connectivity index (χ0) is 24.1. The third-order valence-corrected chi connectivity index (χ3v) is 6.50. The van der Waals surface area contributed by atoms with Crippen LogP contribution >= 0.6 is 0 Å². The lowest BCUT2D eigenvalue weighted by Gasteiger charge is -2.31. The predicted octanol–water partition coefficient (Wildman–Crippen LogP) is 4.43. The zero-order valence-electron chi connectivity index (χ0n) is 20.4. The van der Waals surface area contributed by atoms with Crippen molar-refractivity contribution in [2.75, 3.05) is 38.7 Å². The Hall–Kier alpha value is -2.96. The Balaban J connectivity index is 1.45. The van der Waals surface area contributed by atoms with Gasteiger partial charge in [-0.2, -0.15) is 0 Å². The first-order chi connectivity index (χ1) is 16.4. The van der Waals surface area contributed by atoms with Gasteiger partial charge >= 0.3 is 0 Å². The third-order valence-electron chi connectivity index (χ3n) is 6.50. The normalized spacial score (nSPS) is 16.9. The monoisotopic (exact) mass is 461 g/mol. The molecule has 2 aliphatic heterocycles. The lowest BCUT2D eigenvalue weighted by Crippen LogP contribution is -2.36. The SMILES string of the molecule is CC(C)CN1CC(C(=O)Nc2ccc(CN(C)C3CCOCC3)cc2)=Cc2ccccc2C1=O. The van der Waals surface area contributed by atoms with Crippen molar-refractivity contribution in [1.29, 1.82) is 0 Å². The summed E-state index contributed by atoms with van der Waals surface area (Å²) in [5.74, 6) is 0.108. The van der Waals surface area contributed by atoms with E-state index >= 15 is 0 Å². The summed E-state index contributed by atoms with van der Waals surface area (Å²) < 4.78 is 5.47. The molecule has 0 spiro atoms. The van der Waals surface area contributed by atoms with Gasteiger partial charge in [0.1, 0.15) is 0 Å². The van der Waals surface area contributed by atoms with Gasteiger partial charge in [-0.25, -0.2) is 0 Å². The zero-order valence-corrected chi connectivity index (χ0v) is 20.4. The molecule has 2 aliphatic rings. The van der Waals surface area contributed by atoms with Crippen molar-refractivity contribution in [1.82, 2.24) is 9.80 Å². The third kappa shape index (κ3) is 5.93. The quantitative estimate of drug-likeness (QED) is 0.663. The highest BCUT2D eigenvalue weighted by atomic mass is 16.5. The van der Waals surface area contributed by atoms with E-state index in [2.05, 4.69) is 43.2 Å². The molecule has 0 saturated carbocycles. The number of benzene rings is 2. The van der Waals surface area contributed by atoms with Gasteiger partial charge in [0.25, 0.3) is 11.8 Å². The van der Waals surface area contributed by atoms with E-state index in [1.165, 1.54) is 5.56 Å². The molecule has 1 N–H and O–H groups in total. The average molecular weight is 462 g/mol. The second-order valence-electron chi connectivity index (χ2n) is 9.75. The number of carbonyl (C=O) groups is 2. The van der Waals surface area contributed by atoms with Crippen LogP contribution in [0.2, 0.25) is 0 Å². The Bertz CT molecular complexity index is 1040. The number of ether oxygens (including phenoxy) is 1. The van der Waals surface area contributed by atoms with E-state index in [0.717, 1.165) is 43.9 Å². The molecule has 34 heavy (non-hydrogen) atoms. The predicted molar refractivity (Wildman–Crippen MR) is 136 cm³/mol. The molecule has 1 fully saturated rings. The number of carbonyl (C=O) groups excluding carboxylic acids is 2. The highest BCUT2D eigenvalue weighted by Gasteiger charge is 2.26. The summed E-state index contributed by atoms with van der Waals surface area (Å²) in [5, 5.41) is 3.03. The van der Waals surface area contributed by atoms with Gasteiger partial charge in [-0.3, -0.25) is 14.5 Å². The molecule has 1 saturated heterocycles. The van der Waals surface area contributed by atoms with Crippen molar-refractivity contribution in [3.05, 3.63) is 70.8 Å². The Labute approximate surface area is 202 Å². The standard InChI is InChI=1S/C28H35N3O3/c1-20(2)17-31-19-23(16-22-6-4-5-7-26(22)28(31)33)27(32)29-24-10-8-21(9-11-24)18-30(3)25-12-14-34-15-13-25/h4-11,16,20,25H,12-15,17-19H2,1-3H3,(H,29,32). The van der Waals surface area contributed by atoms with Crippen LogP contribution in [0.3, 0.4) is 0 Å². The molecule has 0 aliphatic carbocycles. The minimum atomic E-state index is -0.176. The summed E-state index contributed by atoms with van der Waals surface area (Å²) in [4.78, 5) is 30.4. The minimum absolute atomic E-state index is 0.0265. The van der Waals surface area contributed by atoms with Crippen LogP contribution < -0.4 is 5.32 Å². The molecule has 2 amide bonds. The van der Waals surface area contributed by atoms with Crippen LogP contribution in [-0.4, -0.2) is 61.0 Å². The maximum atomic E-state index is 13.2. The van der Waals surface area contributed by atoms with Gasteiger partial charge in [0, 0.05) is 49.2 Å². The van der Waals surface area contributed by atoms with Crippen LogP contribution in [0.5, 0.6) is 0 Å². The lowest BCUT2D eigenvalue weighted by atomic mass is 10.1. The van der Waals surface area contributed by atoms with Crippen molar-refractivity contribution in [2.24, 2.45) is 5.92 Å². The first-order valence-electron chi connectivity index (χ1n) is 12.2. The van der Waals surface area contributed by atoms with Crippen LogP contribution in [0.15, 0.2) is 54.1 Å². The number of hydrogen-bond acceptors (Lipinski definition) is 4. The maximum absolute atomic E-state index is 13.2. The molecule has 180 valence electrons. The maximum Gasteiger partial charge on any atom is 0.254 e. The smallest absolute Gasteiger partial charge is 0.254 e. The Morgan fingerprint density at radius 3 is 2.53 bits per heavy atom. The second kappa shape index (κ2) is 11.0. The number of rotatable bonds is 7. The van der Waals surface area contributed by atoms with Gasteiger partial charge in [0.2, 0.25) is 0 Å². The van der Waals surface area contributed by atoms with E-state index < -0.39 is 0 Å². The first kappa shape index (κ1) is 24.2. The van der Waals surface area contributed by atoms with Crippen molar-refractivity contribution in [3.8, 4) is 0 Å². The van der Waals surface area contributed by atoms with Gasteiger partial charge < -0.3 is 15.0 Å². The molecule has 0 radical (unpaired) electrons. The molecular formula is C28H35N3O3. The molecule has 0 bridgehead atoms. The highest BCUT2D eigenvalue weighted by Crippen LogP contribution is 2.23. The fourth-order valence-corrected chi connectivity index (χ4v) is 4.67. The largest absolute Gasteiger partial charge is 0.381 e. The molecule has 0 unspecified atom stereocenters. The van der Waals surface area contributed by atoms with Gasteiger partial charge in [-0.1, -0.05) is 44.2 Å². The van der Waals surface area contributed by atoms with Crippen LogP contribution in [0.25, 0.3) is 6.08 Å². The topological polar surface area (TPSA) is 61.9 Å². The summed E-state index contributed by atoms with van der Waals surface area (Å²) in [6.07, 6.45) is 3.98. The molecule has 2 aromatic carbocycles. The minimum Gasteiger partial charge on any atom is -0.381 e. The summed E-state index contributed by atoms with van der Waals surface area (Å²) in [6.45, 7) is 7.59. The van der Waals surface area contributed by atoms with Gasteiger partial charge in [-0.05, 0) is 61.2 Å². The van der Waals surface area contributed by atoms with E-state index in [4.69, 9.17) is 4.74 Å². The number of amides is 2. The number of hydrogen-bond donors (Lipinski definition) is 1. The van der Waals surface area contributed by atoms with Gasteiger partial charge in [0.05, 0.1) is 6.54 Å². The first-order valence-corrected chi connectivity index (χ1v) is 12.2. The van der Waals surface area contributed by atoms with Crippen molar-refractivity contribution in [3.63, 3.8) is 0 Å². The number of nitrogens with zero attached hydrogens (tertiary/aromatic N) is 2. The molecule has 4 rings (SSSR count). The number of fused-ring (bicyclic) bond motifs is 1. The fourth-order valence-electron chi connectivity index (χ4n) is 4.67. The fraction of sp³-hybridized carbons (Fsp3) is 0.429. The van der Waals surface area contributed by atoms with Gasteiger partial charge in [-0.15, -0.1) is 0 Å². The van der Waals surface area contributed by atoms with E-state index in [9.17, 15) is 9.59 Å². The molecule has 2 aromatic rings. The summed E-state index contributed by atoms with van der Waals surface area (Å²) in [5.41, 5.74) is 3.98. The van der Waals surface area contributed by atoms with Crippen LogP contribution in [0.1, 0.15) is 48.2 Å². The summed E-state index contributed by atoms with van der Waals surface area (Å²) in [6, 6.07) is 16.1. The van der Waals surface area contributed by atoms with Crippen LogP contribution in [0, 0.1) is 5.92 Å². The Morgan fingerprint density at radius 1 is 1.12 bits per heavy atom. The van der Waals surface area contributed by atoms with E-state index in [0.29, 0.717) is 36.2 Å². The molecule has 6 nitrogen and oxygen atoms in total. The van der Waals surface area contributed by atoms with E-state index in [-0.39, 0.29) is 11.8 Å². The van der Waals surface area contributed by atoms with Gasteiger partial charge in [0.15, 0.2) is 0 Å². The van der Waals surface area contributed by atoms with E-state index in [1.807, 2.05) is 42.5 Å². The average Bonchev–Trinajstić information content (AvgIpc) is 2.97. The van der Waals surface area contributed by atoms with Crippen molar-refractivity contribution in [2.45, 2.75) is 39.3 Å². The molecule has 0 aromatic heterocycles. The lowest BCUT2D eigenvalue weighted by molar-refractivity contribution is -0.113. The van der Waals surface area contributed by atoms with E-state index in [1.54, 1.807) is 4.90 Å². The highest BCUT2D eigenvalue weighted by molar-refractivity contribution is 6.10. The second-order valence-corrected chi connectivity index (χ2v) is 9.75. The summed E-state index contributed by atoms with van der Waals surface area (Å²) in [7, 11) is 2.16. The molecule has 0 atom stereocenters. The van der Waals surface area contributed by atoms with Crippen LogP contribution in [0.4, 0.5) is 5.69 Å². The van der Waals surface area contributed by atoms with Crippen LogP contribution in [-0.2, 0) is 16.1 Å². The summed E-state index contributed by atoms with van der Waals surface area (Å²) >= 11 is 0. The Kier molecular flexibility index (Phi) is 7.80. The molecule has 2 heterocycles. The molecular weight excluding hydrogens is 426 g/mol. The molecule has 6 heteroatoms. The number of nitrogens with one attached hydrogen (secondary N) is 1. The number of anilines is 1. The van der Waals surface area contributed by atoms with Crippen molar-refractivity contribution >= 4 is 23.6 Å².